The minimum Gasteiger partial charge on any atom is -0.366 e. The molecular formula is C15H21N3S. The highest BCUT2D eigenvalue weighted by Gasteiger charge is 2.21. The van der Waals surface area contributed by atoms with Crippen LogP contribution in [0.3, 0.4) is 0 Å². The maximum absolute atomic E-state index is 4.45. The van der Waals surface area contributed by atoms with Crippen LogP contribution in [0.5, 0.6) is 0 Å². The summed E-state index contributed by atoms with van der Waals surface area (Å²) in [6.45, 7) is 4.42. The molecule has 0 bridgehead atoms. The predicted molar refractivity (Wildman–Crippen MR) is 81.8 cm³/mol. The van der Waals surface area contributed by atoms with Crippen LogP contribution in [0.1, 0.15) is 44.6 Å². The van der Waals surface area contributed by atoms with Crippen LogP contribution in [-0.2, 0) is 0 Å². The van der Waals surface area contributed by atoms with Crippen LogP contribution in [0, 0.1) is 12.8 Å². The third kappa shape index (κ3) is 2.59. The molecule has 0 radical (unpaired) electrons. The van der Waals surface area contributed by atoms with Crippen LogP contribution in [0.15, 0.2) is 11.7 Å². The summed E-state index contributed by atoms with van der Waals surface area (Å²) in [5.41, 5.74) is 2.35. The lowest BCUT2D eigenvalue weighted by atomic mass is 9.84. The lowest BCUT2D eigenvalue weighted by Gasteiger charge is -2.29. The molecule has 19 heavy (non-hydrogen) atoms. The SMILES string of the molecule is CCC1CCCC(Nc2ncnc3c(C)csc23)C1. The maximum Gasteiger partial charge on any atom is 0.147 e. The first-order valence-corrected chi connectivity index (χ1v) is 8.11. The van der Waals surface area contributed by atoms with Gasteiger partial charge in [-0.05, 0) is 36.6 Å². The molecule has 2 atom stereocenters. The molecule has 0 aliphatic heterocycles. The number of hydrogen-bond donors (Lipinski definition) is 1. The summed E-state index contributed by atoms with van der Waals surface area (Å²) in [5, 5.41) is 5.83. The average Bonchev–Trinajstić information content (AvgIpc) is 2.82. The molecule has 1 fully saturated rings. The van der Waals surface area contributed by atoms with Crippen molar-refractivity contribution < 1.29 is 0 Å². The highest BCUT2D eigenvalue weighted by atomic mass is 32.1. The zero-order valence-electron chi connectivity index (χ0n) is 11.6. The van der Waals surface area contributed by atoms with Crippen molar-refractivity contribution in [2.24, 2.45) is 5.92 Å². The topological polar surface area (TPSA) is 37.8 Å². The fraction of sp³-hybridized carbons (Fsp3) is 0.600. The van der Waals surface area contributed by atoms with Crippen molar-refractivity contribution in [3.63, 3.8) is 0 Å². The number of aromatic nitrogens is 2. The molecule has 1 aliphatic rings. The molecule has 2 aromatic rings. The summed E-state index contributed by atoms with van der Waals surface area (Å²) in [6, 6.07) is 0.583. The first-order valence-electron chi connectivity index (χ1n) is 7.23. The van der Waals surface area contributed by atoms with Gasteiger partial charge >= 0.3 is 0 Å². The van der Waals surface area contributed by atoms with Crippen molar-refractivity contribution in [2.75, 3.05) is 5.32 Å². The molecule has 1 N–H and O–H groups in total. The van der Waals surface area contributed by atoms with E-state index in [4.69, 9.17) is 0 Å². The van der Waals surface area contributed by atoms with Gasteiger partial charge in [-0.1, -0.05) is 26.2 Å². The first-order chi connectivity index (χ1) is 9.28. The van der Waals surface area contributed by atoms with Crippen molar-refractivity contribution in [3.05, 3.63) is 17.3 Å². The van der Waals surface area contributed by atoms with Gasteiger partial charge in [-0.2, -0.15) is 0 Å². The number of thiophene rings is 1. The lowest BCUT2D eigenvalue weighted by Crippen LogP contribution is -2.27. The molecule has 2 unspecified atom stereocenters. The van der Waals surface area contributed by atoms with Crippen LogP contribution < -0.4 is 5.32 Å². The van der Waals surface area contributed by atoms with Gasteiger partial charge in [0, 0.05) is 6.04 Å². The van der Waals surface area contributed by atoms with Gasteiger partial charge in [0.2, 0.25) is 0 Å². The minimum atomic E-state index is 0.583. The van der Waals surface area contributed by atoms with Gasteiger partial charge in [-0.25, -0.2) is 9.97 Å². The largest absolute Gasteiger partial charge is 0.366 e. The van der Waals surface area contributed by atoms with E-state index in [-0.39, 0.29) is 0 Å². The third-order valence-electron chi connectivity index (χ3n) is 4.23. The number of aryl methyl sites for hydroxylation is 1. The Bertz CT molecular complexity index is 564. The fourth-order valence-electron chi connectivity index (χ4n) is 3.06. The average molecular weight is 275 g/mol. The molecule has 2 aromatic heterocycles. The summed E-state index contributed by atoms with van der Waals surface area (Å²) in [7, 11) is 0. The van der Waals surface area contributed by atoms with Gasteiger partial charge in [-0.3, -0.25) is 0 Å². The van der Waals surface area contributed by atoms with Gasteiger partial charge in [0.1, 0.15) is 12.1 Å². The zero-order valence-corrected chi connectivity index (χ0v) is 12.5. The summed E-state index contributed by atoms with van der Waals surface area (Å²) in [6.07, 6.45) is 8.28. The van der Waals surface area contributed by atoms with Gasteiger partial charge in [0.15, 0.2) is 0 Å². The van der Waals surface area contributed by atoms with Gasteiger partial charge in [-0.15, -0.1) is 11.3 Å². The second kappa shape index (κ2) is 5.45. The highest BCUT2D eigenvalue weighted by molar-refractivity contribution is 7.18. The fourth-order valence-corrected chi connectivity index (χ4v) is 4.01. The van der Waals surface area contributed by atoms with Gasteiger partial charge in [0.25, 0.3) is 0 Å². The second-order valence-electron chi connectivity index (χ2n) is 5.60. The number of nitrogens with zero attached hydrogens (tertiary/aromatic N) is 2. The lowest BCUT2D eigenvalue weighted by molar-refractivity contribution is 0.327. The maximum atomic E-state index is 4.45. The van der Waals surface area contributed by atoms with Crippen molar-refractivity contribution >= 4 is 27.4 Å². The standard InChI is InChI=1S/C15H21N3S/c1-3-11-5-4-6-12(7-11)18-15-14-13(16-9-17-15)10(2)8-19-14/h8-9,11-12H,3-7H2,1-2H3,(H,16,17,18). The Hall–Kier alpha value is -1.16. The molecule has 0 saturated heterocycles. The van der Waals surface area contributed by atoms with E-state index in [0.717, 1.165) is 17.3 Å². The molecule has 102 valence electrons. The Labute approximate surface area is 118 Å². The Kier molecular flexibility index (Phi) is 3.69. The Morgan fingerprint density at radius 1 is 1.37 bits per heavy atom. The molecule has 0 amide bonds. The monoisotopic (exact) mass is 275 g/mol. The van der Waals surface area contributed by atoms with Gasteiger partial charge in [0.05, 0.1) is 10.2 Å². The van der Waals surface area contributed by atoms with Crippen LogP contribution in [0.4, 0.5) is 5.82 Å². The molecule has 3 nitrogen and oxygen atoms in total. The molecule has 0 spiro atoms. The third-order valence-corrected chi connectivity index (χ3v) is 5.33. The van der Waals surface area contributed by atoms with E-state index < -0.39 is 0 Å². The molecule has 1 saturated carbocycles. The molecule has 2 heterocycles. The number of fused-ring (bicyclic) bond motifs is 1. The molecule has 4 heteroatoms. The van der Waals surface area contributed by atoms with Crippen molar-refractivity contribution in [3.8, 4) is 0 Å². The second-order valence-corrected chi connectivity index (χ2v) is 6.48. The van der Waals surface area contributed by atoms with E-state index in [1.165, 1.54) is 42.4 Å². The van der Waals surface area contributed by atoms with Crippen LogP contribution in [0.2, 0.25) is 0 Å². The smallest absolute Gasteiger partial charge is 0.147 e. The van der Waals surface area contributed by atoms with E-state index in [2.05, 4.69) is 34.5 Å². The number of hydrogen-bond acceptors (Lipinski definition) is 4. The molecule has 0 aromatic carbocycles. The number of rotatable bonds is 3. The quantitative estimate of drug-likeness (QED) is 0.903. The van der Waals surface area contributed by atoms with E-state index >= 15 is 0 Å². The van der Waals surface area contributed by atoms with Crippen LogP contribution in [-0.4, -0.2) is 16.0 Å². The number of anilines is 1. The van der Waals surface area contributed by atoms with E-state index in [0.29, 0.717) is 6.04 Å². The Balaban J connectivity index is 1.81. The zero-order chi connectivity index (χ0) is 13.2. The predicted octanol–water partition coefficient (Wildman–Crippen LogP) is 4.38. The number of nitrogens with one attached hydrogen (secondary N) is 1. The van der Waals surface area contributed by atoms with E-state index in [9.17, 15) is 0 Å². The Morgan fingerprint density at radius 3 is 3.11 bits per heavy atom. The van der Waals surface area contributed by atoms with Crippen molar-refractivity contribution in [1.82, 2.24) is 9.97 Å². The van der Waals surface area contributed by atoms with Crippen LogP contribution >= 0.6 is 11.3 Å². The summed E-state index contributed by atoms with van der Waals surface area (Å²) < 4.78 is 1.21. The first kappa shape index (κ1) is 12.9. The Morgan fingerprint density at radius 2 is 2.26 bits per heavy atom. The van der Waals surface area contributed by atoms with Crippen molar-refractivity contribution in [2.45, 2.75) is 52.0 Å². The van der Waals surface area contributed by atoms with E-state index in [1.54, 1.807) is 17.7 Å². The minimum absolute atomic E-state index is 0.583. The van der Waals surface area contributed by atoms with Crippen LogP contribution in [0.25, 0.3) is 10.2 Å². The van der Waals surface area contributed by atoms with Gasteiger partial charge < -0.3 is 5.32 Å². The summed E-state index contributed by atoms with van der Waals surface area (Å²) in [4.78, 5) is 8.84. The molecular weight excluding hydrogens is 254 g/mol. The normalized spacial score (nSPS) is 23.7. The molecule has 3 rings (SSSR count). The summed E-state index contributed by atoms with van der Waals surface area (Å²) in [5.74, 6) is 1.92. The van der Waals surface area contributed by atoms with Crippen molar-refractivity contribution in [1.29, 1.82) is 0 Å². The summed E-state index contributed by atoms with van der Waals surface area (Å²) >= 11 is 1.75. The highest BCUT2D eigenvalue weighted by Crippen LogP contribution is 2.32. The molecule has 1 aliphatic carbocycles. The van der Waals surface area contributed by atoms with E-state index in [1.807, 2.05) is 0 Å².